The van der Waals surface area contributed by atoms with Crippen LogP contribution in [0.15, 0.2) is 24.3 Å². The molecule has 2 nitrogen and oxygen atoms in total. The van der Waals surface area contributed by atoms with Gasteiger partial charge in [-0.05, 0) is 43.0 Å². The highest BCUT2D eigenvalue weighted by molar-refractivity contribution is 5.30. The quantitative estimate of drug-likeness (QED) is 0.840. The zero-order chi connectivity index (χ0) is 12.3. The second kappa shape index (κ2) is 5.19. The second-order valence-electron chi connectivity index (χ2n) is 5.69. The van der Waals surface area contributed by atoms with E-state index in [1.165, 1.54) is 24.0 Å². The summed E-state index contributed by atoms with van der Waals surface area (Å²) in [4.78, 5) is 0. The monoisotopic (exact) mass is 233 g/mol. The average Bonchev–Trinajstić information content (AvgIpc) is 2.40. The molecule has 1 aliphatic rings. The van der Waals surface area contributed by atoms with E-state index in [1.807, 2.05) is 0 Å². The van der Waals surface area contributed by atoms with Crippen LogP contribution in [0.4, 0.5) is 0 Å². The van der Waals surface area contributed by atoms with E-state index in [9.17, 15) is 5.11 Å². The Morgan fingerprint density at radius 3 is 2.29 bits per heavy atom. The molecule has 0 spiro atoms. The third kappa shape index (κ3) is 2.88. The molecule has 0 saturated carbocycles. The maximum atomic E-state index is 9.36. The molecule has 1 aromatic rings. The van der Waals surface area contributed by atoms with Crippen molar-refractivity contribution in [2.24, 2.45) is 0 Å². The van der Waals surface area contributed by atoms with E-state index < -0.39 is 0 Å². The summed E-state index contributed by atoms with van der Waals surface area (Å²) in [6, 6.07) is 8.83. The van der Waals surface area contributed by atoms with Gasteiger partial charge in [0.25, 0.3) is 0 Å². The van der Waals surface area contributed by atoms with Gasteiger partial charge in [-0.2, -0.15) is 0 Å². The Labute approximate surface area is 104 Å². The van der Waals surface area contributed by atoms with E-state index >= 15 is 0 Å². The van der Waals surface area contributed by atoms with Crippen LogP contribution in [0.3, 0.4) is 0 Å². The van der Waals surface area contributed by atoms with Crippen molar-refractivity contribution in [2.45, 2.75) is 38.0 Å². The third-order valence-corrected chi connectivity index (χ3v) is 3.90. The Morgan fingerprint density at radius 1 is 1.18 bits per heavy atom. The van der Waals surface area contributed by atoms with Gasteiger partial charge in [0.05, 0.1) is 6.61 Å². The topological polar surface area (TPSA) is 32.3 Å². The minimum Gasteiger partial charge on any atom is -0.395 e. The number of aliphatic hydroxyl groups is 1. The zero-order valence-corrected chi connectivity index (χ0v) is 10.9. The van der Waals surface area contributed by atoms with Crippen molar-refractivity contribution in [2.75, 3.05) is 19.7 Å². The molecule has 1 saturated heterocycles. The predicted octanol–water partition coefficient (Wildman–Crippen LogP) is 2.42. The molecule has 2 heteroatoms. The smallest absolute Gasteiger partial charge is 0.0522 e. The lowest BCUT2D eigenvalue weighted by Crippen LogP contribution is -2.26. The molecule has 2 N–H and O–H groups in total. The van der Waals surface area contributed by atoms with E-state index in [2.05, 4.69) is 43.4 Å². The van der Waals surface area contributed by atoms with Crippen molar-refractivity contribution in [3.8, 4) is 0 Å². The number of nitrogens with one attached hydrogen (secondary N) is 1. The van der Waals surface area contributed by atoms with Gasteiger partial charge in [-0.1, -0.05) is 38.1 Å². The zero-order valence-electron chi connectivity index (χ0n) is 10.9. The summed E-state index contributed by atoms with van der Waals surface area (Å²) in [5.41, 5.74) is 2.54. The summed E-state index contributed by atoms with van der Waals surface area (Å²) in [6.45, 7) is 6.61. The first-order valence-electron chi connectivity index (χ1n) is 6.55. The van der Waals surface area contributed by atoms with Crippen LogP contribution in [0.2, 0.25) is 0 Å². The summed E-state index contributed by atoms with van der Waals surface area (Å²) in [7, 11) is 0. The minimum atomic E-state index is -0.132. The Bertz CT molecular complexity index is 350. The van der Waals surface area contributed by atoms with E-state index in [4.69, 9.17) is 0 Å². The first kappa shape index (κ1) is 12.6. The molecular weight excluding hydrogens is 210 g/mol. The summed E-state index contributed by atoms with van der Waals surface area (Å²) in [5, 5.41) is 12.8. The molecule has 1 aliphatic heterocycles. The molecule has 2 rings (SSSR count). The molecule has 0 aromatic heterocycles. The number of benzene rings is 1. The van der Waals surface area contributed by atoms with Gasteiger partial charge >= 0.3 is 0 Å². The van der Waals surface area contributed by atoms with Gasteiger partial charge in [0.15, 0.2) is 0 Å². The van der Waals surface area contributed by atoms with Crippen LogP contribution in [-0.2, 0) is 5.41 Å². The van der Waals surface area contributed by atoms with Crippen molar-refractivity contribution in [1.82, 2.24) is 5.32 Å². The molecule has 0 aliphatic carbocycles. The highest BCUT2D eigenvalue weighted by Crippen LogP contribution is 2.28. The fraction of sp³-hybridized carbons (Fsp3) is 0.600. The van der Waals surface area contributed by atoms with Crippen molar-refractivity contribution in [3.05, 3.63) is 35.4 Å². The van der Waals surface area contributed by atoms with Crippen LogP contribution in [0.5, 0.6) is 0 Å². The van der Waals surface area contributed by atoms with Crippen molar-refractivity contribution >= 4 is 0 Å². The lowest BCUT2D eigenvalue weighted by atomic mass is 9.83. The molecule has 0 radical (unpaired) electrons. The van der Waals surface area contributed by atoms with Crippen molar-refractivity contribution < 1.29 is 5.11 Å². The SMILES string of the molecule is CC(C)(CO)c1ccc(C2CCNCC2)cc1. The van der Waals surface area contributed by atoms with Crippen LogP contribution >= 0.6 is 0 Å². The molecular formula is C15H23NO. The lowest BCUT2D eigenvalue weighted by molar-refractivity contribution is 0.218. The first-order valence-corrected chi connectivity index (χ1v) is 6.55. The Balaban J connectivity index is 2.12. The molecule has 0 atom stereocenters. The van der Waals surface area contributed by atoms with Crippen LogP contribution in [-0.4, -0.2) is 24.8 Å². The second-order valence-corrected chi connectivity index (χ2v) is 5.69. The van der Waals surface area contributed by atoms with E-state index in [-0.39, 0.29) is 12.0 Å². The first-order chi connectivity index (χ1) is 8.13. The van der Waals surface area contributed by atoms with Crippen molar-refractivity contribution in [1.29, 1.82) is 0 Å². The number of hydrogen-bond acceptors (Lipinski definition) is 2. The summed E-state index contributed by atoms with van der Waals surface area (Å²) in [5.74, 6) is 0.711. The van der Waals surface area contributed by atoms with E-state index in [1.54, 1.807) is 0 Å². The van der Waals surface area contributed by atoms with Gasteiger partial charge in [0.1, 0.15) is 0 Å². The van der Waals surface area contributed by atoms with E-state index in [0.29, 0.717) is 5.92 Å². The van der Waals surface area contributed by atoms with Crippen LogP contribution < -0.4 is 5.32 Å². The molecule has 0 unspecified atom stereocenters. The van der Waals surface area contributed by atoms with Gasteiger partial charge in [0, 0.05) is 5.41 Å². The Kier molecular flexibility index (Phi) is 3.85. The molecule has 1 aromatic carbocycles. The van der Waals surface area contributed by atoms with Gasteiger partial charge < -0.3 is 10.4 Å². The number of hydrogen-bond donors (Lipinski definition) is 2. The molecule has 94 valence electrons. The third-order valence-electron chi connectivity index (χ3n) is 3.90. The fourth-order valence-electron chi connectivity index (χ4n) is 2.45. The largest absolute Gasteiger partial charge is 0.395 e. The molecule has 1 fully saturated rings. The Morgan fingerprint density at radius 2 is 1.76 bits per heavy atom. The lowest BCUT2D eigenvalue weighted by Gasteiger charge is -2.25. The predicted molar refractivity (Wildman–Crippen MR) is 71.4 cm³/mol. The van der Waals surface area contributed by atoms with Crippen molar-refractivity contribution in [3.63, 3.8) is 0 Å². The Hall–Kier alpha value is -0.860. The highest BCUT2D eigenvalue weighted by Gasteiger charge is 2.20. The van der Waals surface area contributed by atoms with Crippen LogP contribution in [0.1, 0.15) is 43.7 Å². The maximum absolute atomic E-state index is 9.36. The van der Waals surface area contributed by atoms with Gasteiger partial charge in [0.2, 0.25) is 0 Å². The van der Waals surface area contributed by atoms with Crippen LogP contribution in [0.25, 0.3) is 0 Å². The van der Waals surface area contributed by atoms with Gasteiger partial charge in [-0.15, -0.1) is 0 Å². The van der Waals surface area contributed by atoms with E-state index in [0.717, 1.165) is 13.1 Å². The summed E-state index contributed by atoms with van der Waals surface area (Å²) in [6.07, 6.45) is 2.48. The average molecular weight is 233 g/mol. The van der Waals surface area contributed by atoms with Crippen LogP contribution in [0, 0.1) is 0 Å². The van der Waals surface area contributed by atoms with Gasteiger partial charge in [-0.3, -0.25) is 0 Å². The molecule has 0 bridgehead atoms. The highest BCUT2D eigenvalue weighted by atomic mass is 16.3. The number of rotatable bonds is 3. The number of piperidine rings is 1. The molecule has 0 amide bonds. The maximum Gasteiger partial charge on any atom is 0.0522 e. The standard InChI is InChI=1S/C15H23NO/c1-15(2,11-17)14-5-3-12(4-6-14)13-7-9-16-10-8-13/h3-6,13,16-17H,7-11H2,1-2H3. The summed E-state index contributed by atoms with van der Waals surface area (Å²) >= 11 is 0. The fourth-order valence-corrected chi connectivity index (χ4v) is 2.45. The normalized spacial score (nSPS) is 18.3. The minimum absolute atomic E-state index is 0.132. The molecule has 17 heavy (non-hydrogen) atoms. The molecule has 1 heterocycles. The number of aliphatic hydroxyl groups excluding tert-OH is 1. The summed E-state index contributed by atoms with van der Waals surface area (Å²) < 4.78 is 0. The van der Waals surface area contributed by atoms with Gasteiger partial charge in [-0.25, -0.2) is 0 Å².